The van der Waals surface area contributed by atoms with Crippen molar-refractivity contribution in [3.8, 4) is 0 Å². The number of nitrogens with one attached hydrogen (secondary N) is 1. The molecule has 1 N–H and O–H groups in total. The van der Waals surface area contributed by atoms with Crippen molar-refractivity contribution in [2.75, 3.05) is 13.1 Å². The summed E-state index contributed by atoms with van der Waals surface area (Å²) in [5, 5.41) is 7.29. The van der Waals surface area contributed by atoms with E-state index in [4.69, 9.17) is 0 Å². The number of aromatic amines is 1. The van der Waals surface area contributed by atoms with E-state index in [0.717, 1.165) is 37.1 Å². The minimum atomic E-state index is 0.276. The zero-order valence-corrected chi connectivity index (χ0v) is 12.5. The van der Waals surface area contributed by atoms with Crippen LogP contribution >= 0.6 is 0 Å². The highest BCUT2D eigenvalue weighted by Gasteiger charge is 2.26. The third-order valence-corrected chi connectivity index (χ3v) is 4.06. The van der Waals surface area contributed by atoms with Crippen LogP contribution in [0.2, 0.25) is 0 Å². The highest BCUT2D eigenvalue weighted by molar-refractivity contribution is 5.76. The van der Waals surface area contributed by atoms with Gasteiger partial charge in [-0.3, -0.25) is 9.89 Å². The van der Waals surface area contributed by atoms with Gasteiger partial charge in [0.1, 0.15) is 5.52 Å². The molecule has 3 heterocycles. The summed E-state index contributed by atoms with van der Waals surface area (Å²) in [7, 11) is 0. The van der Waals surface area contributed by atoms with Gasteiger partial charge in [0.05, 0.1) is 5.69 Å². The van der Waals surface area contributed by atoms with Gasteiger partial charge in [0, 0.05) is 37.8 Å². The molecule has 1 aliphatic heterocycles. The van der Waals surface area contributed by atoms with Crippen LogP contribution in [0, 0.1) is 5.92 Å². The number of carbonyl (C=O) groups excluding carboxylic acids is 1. The summed E-state index contributed by atoms with van der Waals surface area (Å²) in [5.74, 6) is 1.08. The highest BCUT2D eigenvalue weighted by atomic mass is 16.2. The maximum absolute atomic E-state index is 12.1. The molecule has 0 bridgehead atoms. The molecule has 0 atom stereocenters. The largest absolute Gasteiger partial charge is 0.343 e. The Hall–Kier alpha value is -1.98. The molecule has 0 saturated carbocycles. The Kier molecular flexibility index (Phi) is 3.86. The van der Waals surface area contributed by atoms with Gasteiger partial charge < -0.3 is 4.90 Å². The molecule has 0 spiro atoms. The average Bonchev–Trinajstić information content (AvgIpc) is 2.90. The molecule has 0 aromatic carbocycles. The Morgan fingerprint density at radius 3 is 2.76 bits per heavy atom. The molecular weight excluding hydrogens is 266 g/mol. The van der Waals surface area contributed by atoms with E-state index in [9.17, 15) is 4.79 Å². The number of carbonyl (C=O) groups is 1. The van der Waals surface area contributed by atoms with E-state index < -0.39 is 0 Å². The van der Waals surface area contributed by atoms with E-state index in [2.05, 4.69) is 34.0 Å². The number of fused-ring (bicyclic) bond motifs is 1. The summed E-state index contributed by atoms with van der Waals surface area (Å²) in [6, 6.07) is 0. The van der Waals surface area contributed by atoms with Crippen LogP contribution in [0.25, 0.3) is 11.2 Å². The van der Waals surface area contributed by atoms with Crippen molar-refractivity contribution in [2.24, 2.45) is 5.92 Å². The van der Waals surface area contributed by atoms with Crippen LogP contribution < -0.4 is 0 Å². The van der Waals surface area contributed by atoms with Gasteiger partial charge in [0.15, 0.2) is 5.65 Å². The Labute approximate surface area is 124 Å². The number of likely N-dealkylation sites (tertiary alicyclic amines) is 1. The van der Waals surface area contributed by atoms with Crippen LogP contribution in [0.4, 0.5) is 0 Å². The third-order valence-electron chi connectivity index (χ3n) is 4.06. The maximum Gasteiger partial charge on any atom is 0.222 e. The average molecular weight is 287 g/mol. The second kappa shape index (κ2) is 5.79. The van der Waals surface area contributed by atoms with E-state index in [1.165, 1.54) is 0 Å². The lowest BCUT2D eigenvalue weighted by molar-refractivity contribution is -0.133. The van der Waals surface area contributed by atoms with Gasteiger partial charge in [0.2, 0.25) is 5.91 Å². The molecule has 1 fully saturated rings. The molecule has 112 valence electrons. The molecule has 3 rings (SSSR count). The second-order valence-electron chi connectivity index (χ2n) is 6.12. The van der Waals surface area contributed by atoms with Gasteiger partial charge in [0.25, 0.3) is 0 Å². The number of hydrogen-bond donors (Lipinski definition) is 1. The fraction of sp³-hybridized carbons (Fsp3) is 0.600. The SMILES string of the molecule is CC(C)CC(=O)N1CCC(c2[nH]nc3nccnc23)CC1. The summed E-state index contributed by atoms with van der Waals surface area (Å²) in [6.07, 6.45) is 5.90. The van der Waals surface area contributed by atoms with Crippen molar-refractivity contribution in [1.29, 1.82) is 0 Å². The summed E-state index contributed by atoms with van der Waals surface area (Å²) in [6.45, 7) is 5.80. The Balaban J connectivity index is 1.67. The van der Waals surface area contributed by atoms with Gasteiger partial charge in [-0.1, -0.05) is 13.8 Å². The zero-order valence-electron chi connectivity index (χ0n) is 12.5. The van der Waals surface area contributed by atoms with E-state index in [-0.39, 0.29) is 5.91 Å². The van der Waals surface area contributed by atoms with Crippen LogP contribution in [-0.2, 0) is 4.79 Å². The number of nitrogens with zero attached hydrogens (tertiary/aromatic N) is 4. The monoisotopic (exact) mass is 287 g/mol. The van der Waals surface area contributed by atoms with Crippen LogP contribution in [0.3, 0.4) is 0 Å². The number of rotatable bonds is 3. The number of hydrogen-bond acceptors (Lipinski definition) is 4. The van der Waals surface area contributed by atoms with Crippen LogP contribution in [0.5, 0.6) is 0 Å². The Bertz CT molecular complexity index is 628. The lowest BCUT2D eigenvalue weighted by Gasteiger charge is -2.32. The van der Waals surface area contributed by atoms with Gasteiger partial charge in [-0.05, 0) is 18.8 Å². The van der Waals surface area contributed by atoms with Crippen molar-refractivity contribution in [1.82, 2.24) is 25.1 Å². The highest BCUT2D eigenvalue weighted by Crippen LogP contribution is 2.30. The summed E-state index contributed by atoms with van der Waals surface area (Å²) in [5.41, 5.74) is 2.60. The summed E-state index contributed by atoms with van der Waals surface area (Å²) < 4.78 is 0. The topological polar surface area (TPSA) is 74.8 Å². The van der Waals surface area contributed by atoms with Crippen molar-refractivity contribution >= 4 is 17.1 Å². The van der Waals surface area contributed by atoms with Crippen molar-refractivity contribution in [2.45, 2.75) is 39.0 Å². The summed E-state index contributed by atoms with van der Waals surface area (Å²) >= 11 is 0. The Morgan fingerprint density at radius 1 is 1.33 bits per heavy atom. The number of amides is 1. The summed E-state index contributed by atoms with van der Waals surface area (Å²) in [4.78, 5) is 22.7. The first-order valence-electron chi connectivity index (χ1n) is 7.58. The first-order chi connectivity index (χ1) is 10.1. The van der Waals surface area contributed by atoms with Crippen LogP contribution in [-0.4, -0.2) is 44.1 Å². The standard InChI is InChI=1S/C15H21N5O/c1-10(2)9-12(21)20-7-3-11(4-8-20)13-14-15(19-18-13)17-6-5-16-14/h5-6,10-11H,3-4,7-9H2,1-2H3,(H,17,18,19). The van der Waals surface area contributed by atoms with Crippen molar-refractivity contribution < 1.29 is 4.79 Å². The predicted octanol–water partition coefficient (Wildman–Crippen LogP) is 2.10. The van der Waals surface area contributed by atoms with Crippen molar-refractivity contribution in [3.05, 3.63) is 18.1 Å². The molecule has 2 aromatic rings. The van der Waals surface area contributed by atoms with Gasteiger partial charge in [-0.25, -0.2) is 9.97 Å². The van der Waals surface area contributed by atoms with Gasteiger partial charge in [-0.2, -0.15) is 5.10 Å². The molecule has 21 heavy (non-hydrogen) atoms. The molecule has 6 heteroatoms. The van der Waals surface area contributed by atoms with Crippen molar-refractivity contribution in [3.63, 3.8) is 0 Å². The molecule has 0 radical (unpaired) electrons. The number of piperidine rings is 1. The maximum atomic E-state index is 12.1. The normalized spacial score (nSPS) is 16.8. The van der Waals surface area contributed by atoms with E-state index in [0.29, 0.717) is 23.9 Å². The molecule has 1 amide bonds. The zero-order chi connectivity index (χ0) is 14.8. The predicted molar refractivity (Wildman–Crippen MR) is 79.7 cm³/mol. The molecular formula is C15H21N5O. The lowest BCUT2D eigenvalue weighted by Crippen LogP contribution is -2.38. The minimum Gasteiger partial charge on any atom is -0.343 e. The van der Waals surface area contributed by atoms with Gasteiger partial charge >= 0.3 is 0 Å². The first kappa shape index (κ1) is 14.0. The van der Waals surface area contributed by atoms with Crippen LogP contribution in [0.1, 0.15) is 44.7 Å². The fourth-order valence-corrected chi connectivity index (χ4v) is 2.95. The second-order valence-corrected chi connectivity index (χ2v) is 6.12. The molecule has 1 aliphatic rings. The van der Waals surface area contributed by atoms with E-state index in [1.54, 1.807) is 12.4 Å². The van der Waals surface area contributed by atoms with Gasteiger partial charge in [-0.15, -0.1) is 0 Å². The first-order valence-corrected chi connectivity index (χ1v) is 7.58. The quantitative estimate of drug-likeness (QED) is 0.938. The molecule has 0 aliphatic carbocycles. The third kappa shape index (κ3) is 2.89. The molecule has 6 nitrogen and oxygen atoms in total. The van der Waals surface area contributed by atoms with E-state index in [1.807, 2.05) is 4.90 Å². The molecule has 2 aromatic heterocycles. The molecule has 1 saturated heterocycles. The fourth-order valence-electron chi connectivity index (χ4n) is 2.95. The van der Waals surface area contributed by atoms with Crippen LogP contribution in [0.15, 0.2) is 12.4 Å². The smallest absolute Gasteiger partial charge is 0.222 e. The number of aromatic nitrogens is 4. The minimum absolute atomic E-state index is 0.276. The number of H-pyrrole nitrogens is 1. The van der Waals surface area contributed by atoms with E-state index >= 15 is 0 Å². The lowest BCUT2D eigenvalue weighted by atomic mass is 9.92. The molecule has 0 unspecified atom stereocenters. The Morgan fingerprint density at radius 2 is 2.05 bits per heavy atom.